The Morgan fingerprint density at radius 1 is 1.56 bits per heavy atom. The van der Waals surface area contributed by atoms with Crippen molar-refractivity contribution < 1.29 is 23.4 Å². The highest BCUT2D eigenvalue weighted by Gasteiger charge is 2.32. The molecule has 1 aromatic carbocycles. The highest BCUT2D eigenvalue weighted by molar-refractivity contribution is 5.76. The summed E-state index contributed by atoms with van der Waals surface area (Å²) in [5.74, 6) is -2.49. The molecular formula is C12H15F2NO3. The number of aryl methyl sites for hydroxylation is 1. The van der Waals surface area contributed by atoms with Crippen molar-refractivity contribution in [2.45, 2.75) is 26.1 Å². The number of aromatic hydroxyl groups is 1. The Kier molecular flexibility index (Phi) is 4.61. The summed E-state index contributed by atoms with van der Waals surface area (Å²) in [4.78, 5) is 11.2. The number of nitrogens with two attached hydrogens (primary N) is 1. The second-order valence-corrected chi connectivity index (χ2v) is 3.81. The Morgan fingerprint density at radius 3 is 2.72 bits per heavy atom. The summed E-state index contributed by atoms with van der Waals surface area (Å²) in [5, 5.41) is 9.67. The van der Waals surface area contributed by atoms with Gasteiger partial charge in [-0.1, -0.05) is 6.07 Å². The number of hydrogen-bond acceptors (Lipinski definition) is 4. The molecule has 0 bridgehead atoms. The van der Waals surface area contributed by atoms with Gasteiger partial charge in [-0.25, -0.2) is 13.6 Å². The van der Waals surface area contributed by atoms with Gasteiger partial charge in [0.15, 0.2) is 0 Å². The third-order valence-electron chi connectivity index (χ3n) is 2.53. The lowest BCUT2D eigenvalue weighted by atomic mass is 9.99. The van der Waals surface area contributed by atoms with E-state index in [-0.39, 0.29) is 6.61 Å². The molecular weight excluding hydrogens is 244 g/mol. The average Bonchev–Trinajstić information content (AvgIpc) is 2.33. The molecule has 0 fully saturated rings. The van der Waals surface area contributed by atoms with Crippen molar-refractivity contribution in [3.05, 3.63) is 29.1 Å². The molecule has 2 atom stereocenters. The smallest absolute Gasteiger partial charge is 0.342 e. The van der Waals surface area contributed by atoms with Crippen LogP contribution in [-0.4, -0.2) is 23.9 Å². The summed E-state index contributed by atoms with van der Waals surface area (Å²) in [7, 11) is 0. The molecule has 1 unspecified atom stereocenters. The van der Waals surface area contributed by atoms with E-state index in [1.54, 1.807) is 0 Å². The standard InChI is InChI=1S/C12H15F2NO3/c1-3-18-12(17)9(14)10(15)8-7(13)5-4-6(2)11(8)16/h4-5,9-10,16H,3,15H2,1-2H3/t9?,10-/m0/s1. The van der Waals surface area contributed by atoms with Crippen LogP contribution in [0.3, 0.4) is 0 Å². The molecule has 0 aliphatic rings. The first-order valence-corrected chi connectivity index (χ1v) is 5.44. The van der Waals surface area contributed by atoms with Gasteiger partial charge in [0.25, 0.3) is 0 Å². The van der Waals surface area contributed by atoms with Crippen LogP contribution in [0, 0.1) is 12.7 Å². The van der Waals surface area contributed by atoms with E-state index in [2.05, 4.69) is 4.74 Å². The fourth-order valence-electron chi connectivity index (χ4n) is 1.52. The lowest BCUT2D eigenvalue weighted by molar-refractivity contribution is -0.150. The molecule has 0 amide bonds. The van der Waals surface area contributed by atoms with Crippen molar-refractivity contribution in [3.63, 3.8) is 0 Å². The number of halogens is 2. The number of benzene rings is 1. The number of esters is 1. The molecule has 0 aliphatic heterocycles. The third-order valence-corrected chi connectivity index (χ3v) is 2.53. The van der Waals surface area contributed by atoms with Gasteiger partial charge in [-0.3, -0.25) is 0 Å². The fourth-order valence-corrected chi connectivity index (χ4v) is 1.52. The van der Waals surface area contributed by atoms with E-state index in [1.165, 1.54) is 19.9 Å². The van der Waals surface area contributed by atoms with Crippen molar-refractivity contribution in [2.75, 3.05) is 6.61 Å². The van der Waals surface area contributed by atoms with Crippen LogP contribution in [0.15, 0.2) is 12.1 Å². The predicted molar refractivity (Wildman–Crippen MR) is 61.3 cm³/mol. The van der Waals surface area contributed by atoms with Crippen LogP contribution in [0.2, 0.25) is 0 Å². The Hall–Kier alpha value is -1.69. The average molecular weight is 259 g/mol. The highest BCUT2D eigenvalue weighted by Crippen LogP contribution is 2.31. The van der Waals surface area contributed by atoms with Gasteiger partial charge < -0.3 is 15.6 Å². The van der Waals surface area contributed by atoms with Crippen LogP contribution in [0.25, 0.3) is 0 Å². The monoisotopic (exact) mass is 259 g/mol. The molecule has 0 aromatic heterocycles. The zero-order valence-electron chi connectivity index (χ0n) is 10.1. The van der Waals surface area contributed by atoms with Crippen molar-refractivity contribution in [3.8, 4) is 5.75 Å². The third kappa shape index (κ3) is 2.76. The Bertz CT molecular complexity index is 451. The van der Waals surface area contributed by atoms with Crippen molar-refractivity contribution in [2.24, 2.45) is 5.73 Å². The molecule has 0 spiro atoms. The normalized spacial score (nSPS) is 14.1. The van der Waals surface area contributed by atoms with Gasteiger partial charge in [0.05, 0.1) is 18.2 Å². The minimum Gasteiger partial charge on any atom is -0.507 e. The van der Waals surface area contributed by atoms with Gasteiger partial charge in [0.2, 0.25) is 6.17 Å². The van der Waals surface area contributed by atoms with E-state index in [4.69, 9.17) is 5.73 Å². The predicted octanol–water partition coefficient (Wildman–Crippen LogP) is 1.74. The summed E-state index contributed by atoms with van der Waals surface area (Å²) >= 11 is 0. The molecule has 3 N–H and O–H groups in total. The molecule has 4 nitrogen and oxygen atoms in total. The van der Waals surface area contributed by atoms with Crippen molar-refractivity contribution in [1.82, 2.24) is 0 Å². The number of carbonyl (C=O) groups is 1. The lowest BCUT2D eigenvalue weighted by Gasteiger charge is -2.18. The molecule has 100 valence electrons. The number of ether oxygens (including phenoxy) is 1. The minimum absolute atomic E-state index is 0.00570. The summed E-state index contributed by atoms with van der Waals surface area (Å²) in [6.45, 7) is 3.03. The van der Waals surface area contributed by atoms with E-state index in [0.717, 1.165) is 6.07 Å². The lowest BCUT2D eigenvalue weighted by Crippen LogP contribution is -2.32. The molecule has 0 radical (unpaired) electrons. The SMILES string of the molecule is CCOC(=O)C(F)[C@@H](N)c1c(F)ccc(C)c1O. The maximum Gasteiger partial charge on any atom is 0.342 e. The first-order chi connectivity index (χ1) is 8.40. The first kappa shape index (κ1) is 14.4. The highest BCUT2D eigenvalue weighted by atomic mass is 19.1. The van der Waals surface area contributed by atoms with Gasteiger partial charge >= 0.3 is 5.97 Å². The number of phenolic OH excluding ortho intramolecular Hbond substituents is 1. The summed E-state index contributed by atoms with van der Waals surface area (Å²) < 4.78 is 31.7. The number of hydrogen-bond donors (Lipinski definition) is 2. The van der Waals surface area contributed by atoms with Crippen LogP contribution in [0.4, 0.5) is 8.78 Å². The summed E-state index contributed by atoms with van der Waals surface area (Å²) in [6.07, 6.45) is -2.23. The van der Waals surface area contributed by atoms with E-state index in [9.17, 15) is 18.7 Å². The van der Waals surface area contributed by atoms with Crippen molar-refractivity contribution >= 4 is 5.97 Å². The van der Waals surface area contributed by atoms with E-state index in [0.29, 0.717) is 5.56 Å². The van der Waals surface area contributed by atoms with Crippen LogP contribution in [-0.2, 0) is 9.53 Å². The number of rotatable bonds is 4. The minimum atomic E-state index is -2.23. The van der Waals surface area contributed by atoms with Crippen LogP contribution in [0.5, 0.6) is 5.75 Å². The Balaban J connectivity index is 3.07. The first-order valence-electron chi connectivity index (χ1n) is 5.44. The molecule has 0 aliphatic carbocycles. The Labute approximate surface area is 103 Å². The second kappa shape index (κ2) is 5.77. The zero-order valence-corrected chi connectivity index (χ0v) is 10.1. The number of carbonyl (C=O) groups excluding carboxylic acids is 1. The number of alkyl halides is 1. The van der Waals surface area contributed by atoms with Gasteiger partial charge in [0.1, 0.15) is 11.6 Å². The van der Waals surface area contributed by atoms with Crippen LogP contribution < -0.4 is 5.73 Å². The summed E-state index contributed by atoms with van der Waals surface area (Å²) in [6, 6.07) is 0.782. The van der Waals surface area contributed by atoms with E-state index in [1.807, 2.05) is 0 Å². The van der Waals surface area contributed by atoms with Gasteiger partial charge in [0, 0.05) is 0 Å². The van der Waals surface area contributed by atoms with Gasteiger partial charge in [-0.05, 0) is 25.5 Å². The molecule has 0 heterocycles. The van der Waals surface area contributed by atoms with Crippen molar-refractivity contribution in [1.29, 1.82) is 0 Å². The zero-order chi connectivity index (χ0) is 13.9. The molecule has 0 saturated heterocycles. The maximum absolute atomic E-state index is 13.7. The van der Waals surface area contributed by atoms with Crippen LogP contribution >= 0.6 is 0 Å². The fraction of sp³-hybridized carbons (Fsp3) is 0.417. The van der Waals surface area contributed by atoms with Gasteiger partial charge in [-0.15, -0.1) is 0 Å². The maximum atomic E-state index is 13.7. The largest absolute Gasteiger partial charge is 0.507 e. The molecule has 18 heavy (non-hydrogen) atoms. The molecule has 1 rings (SSSR count). The second-order valence-electron chi connectivity index (χ2n) is 3.81. The molecule has 0 saturated carbocycles. The van der Waals surface area contributed by atoms with E-state index < -0.39 is 35.3 Å². The molecule has 1 aromatic rings. The Morgan fingerprint density at radius 2 is 2.17 bits per heavy atom. The summed E-state index contributed by atoms with van der Waals surface area (Å²) in [5.41, 5.74) is 5.39. The van der Waals surface area contributed by atoms with Gasteiger partial charge in [-0.2, -0.15) is 0 Å². The van der Waals surface area contributed by atoms with E-state index >= 15 is 0 Å². The molecule has 6 heteroatoms. The number of phenols is 1. The van der Waals surface area contributed by atoms with Crippen LogP contribution in [0.1, 0.15) is 24.1 Å². The topological polar surface area (TPSA) is 72.5 Å². The quantitative estimate of drug-likeness (QED) is 0.808.